The summed E-state index contributed by atoms with van der Waals surface area (Å²) in [5.74, 6) is -2.62. The van der Waals surface area contributed by atoms with Crippen LogP contribution in [0.25, 0.3) is 0 Å². The molecule has 14 heteroatoms. The van der Waals surface area contributed by atoms with Gasteiger partial charge < -0.3 is 42.0 Å². The summed E-state index contributed by atoms with van der Waals surface area (Å²) in [5.41, 5.74) is 8.94. The van der Waals surface area contributed by atoms with Crippen molar-refractivity contribution in [2.45, 2.75) is 84.7 Å². The van der Waals surface area contributed by atoms with Gasteiger partial charge in [0.25, 0.3) is 0 Å². The highest BCUT2D eigenvalue weighted by molar-refractivity contribution is 5.91. The van der Waals surface area contributed by atoms with Crippen LogP contribution in [0.15, 0.2) is 77.9 Å². The largest absolute Gasteiger partial charge is 0.481 e. The molecule has 9 N–H and O–H groups in total. The number of carbonyl (C=O) groups is 4. The first-order valence-electron chi connectivity index (χ1n) is 17.0. The van der Waals surface area contributed by atoms with E-state index in [1.54, 1.807) is 34.0 Å². The molecule has 0 radical (unpaired) electrons. The van der Waals surface area contributed by atoms with Crippen molar-refractivity contribution < 1.29 is 34.1 Å². The molecule has 0 saturated carbocycles. The SMILES string of the molecule is CC/C=C\C/C=C\C/C=C\C/C=C\C/C=C\C/C=C\CC(=O)OCC(C)(C)[C@@H](O)C(=O)NCCC(=O)NCCC(=O)O.CN(C)C(=N)N=C(N)N. The number of carboxylic acids is 1. The Kier molecular flexibility index (Phi) is 29.3. The molecule has 0 aliphatic carbocycles. The van der Waals surface area contributed by atoms with Crippen molar-refractivity contribution in [2.24, 2.45) is 21.9 Å². The zero-order valence-corrected chi connectivity index (χ0v) is 31.0. The fourth-order valence-electron chi connectivity index (χ4n) is 3.48. The number of carbonyl (C=O) groups excluding carboxylic acids is 3. The molecule has 0 aromatic heterocycles. The van der Waals surface area contributed by atoms with Crippen molar-refractivity contribution >= 4 is 35.7 Å². The highest BCUT2D eigenvalue weighted by Crippen LogP contribution is 2.21. The number of nitrogens with two attached hydrogens (primary N) is 2. The van der Waals surface area contributed by atoms with E-state index < -0.39 is 35.3 Å². The molecule has 0 heterocycles. The number of nitrogens with one attached hydrogen (secondary N) is 3. The Morgan fingerprint density at radius 1 is 0.804 bits per heavy atom. The van der Waals surface area contributed by atoms with E-state index in [9.17, 15) is 24.3 Å². The molecule has 0 fully saturated rings. The minimum absolute atomic E-state index is 0.00169. The van der Waals surface area contributed by atoms with Gasteiger partial charge in [-0.2, -0.15) is 4.99 Å². The average molecular weight is 716 g/mol. The first-order chi connectivity index (χ1) is 24.1. The molecule has 0 saturated heterocycles. The van der Waals surface area contributed by atoms with Gasteiger partial charge >= 0.3 is 11.9 Å². The number of amides is 2. The molecule has 0 rings (SSSR count). The summed E-state index contributed by atoms with van der Waals surface area (Å²) >= 11 is 0. The first-order valence-corrected chi connectivity index (χ1v) is 17.0. The molecule has 51 heavy (non-hydrogen) atoms. The summed E-state index contributed by atoms with van der Waals surface area (Å²) in [6.45, 7) is 5.15. The molecule has 0 aliphatic rings. The number of ether oxygens (including phenoxy) is 1. The summed E-state index contributed by atoms with van der Waals surface area (Å²) in [4.78, 5) is 51.3. The van der Waals surface area contributed by atoms with Gasteiger partial charge in [-0.3, -0.25) is 24.6 Å². The van der Waals surface area contributed by atoms with Crippen LogP contribution in [0.3, 0.4) is 0 Å². The van der Waals surface area contributed by atoms with Gasteiger partial charge in [0.1, 0.15) is 6.10 Å². The zero-order chi connectivity index (χ0) is 38.9. The lowest BCUT2D eigenvalue weighted by Crippen LogP contribution is -2.47. The predicted molar refractivity (Wildman–Crippen MR) is 204 cm³/mol. The van der Waals surface area contributed by atoms with Gasteiger partial charge in [0.05, 0.1) is 19.4 Å². The molecular formula is C37H61N7O7. The number of hydrogen-bond acceptors (Lipinski definition) is 7. The molecule has 0 aromatic rings. The van der Waals surface area contributed by atoms with E-state index in [-0.39, 0.29) is 50.9 Å². The van der Waals surface area contributed by atoms with Crippen molar-refractivity contribution in [1.29, 1.82) is 5.41 Å². The molecule has 286 valence electrons. The number of hydrogen-bond donors (Lipinski definition) is 7. The van der Waals surface area contributed by atoms with Gasteiger partial charge in [0, 0.05) is 39.0 Å². The predicted octanol–water partition coefficient (Wildman–Crippen LogP) is 3.86. The molecule has 2 amide bonds. The monoisotopic (exact) mass is 715 g/mol. The maximum atomic E-state index is 12.2. The molecule has 14 nitrogen and oxygen atoms in total. The van der Waals surface area contributed by atoms with E-state index in [1.807, 2.05) is 12.2 Å². The summed E-state index contributed by atoms with van der Waals surface area (Å²) in [6, 6.07) is 0. The smallest absolute Gasteiger partial charge is 0.309 e. The molecule has 0 spiro atoms. The Balaban J connectivity index is 0. The first kappa shape index (κ1) is 48.1. The van der Waals surface area contributed by atoms with Crippen LogP contribution in [0.2, 0.25) is 0 Å². The maximum absolute atomic E-state index is 12.2. The van der Waals surface area contributed by atoms with Crippen LogP contribution in [-0.2, 0) is 23.9 Å². The van der Waals surface area contributed by atoms with E-state index in [1.165, 1.54) is 4.90 Å². The number of aliphatic carboxylic acids is 1. The van der Waals surface area contributed by atoms with E-state index in [4.69, 9.17) is 26.7 Å². The zero-order valence-electron chi connectivity index (χ0n) is 31.0. The third kappa shape index (κ3) is 32.0. The van der Waals surface area contributed by atoms with Crippen LogP contribution >= 0.6 is 0 Å². The van der Waals surface area contributed by atoms with E-state index in [0.717, 1.165) is 32.1 Å². The average Bonchev–Trinajstić information content (AvgIpc) is 3.06. The second-order valence-corrected chi connectivity index (χ2v) is 12.0. The number of aliphatic hydroxyl groups excluding tert-OH is 1. The lowest BCUT2D eigenvalue weighted by molar-refractivity contribution is -0.152. The normalized spacial score (nSPS) is 12.4. The van der Waals surface area contributed by atoms with Gasteiger partial charge in [-0.25, -0.2) is 0 Å². The fraction of sp³-hybridized carbons (Fsp3) is 0.514. The van der Waals surface area contributed by atoms with E-state index in [2.05, 4.69) is 77.2 Å². The van der Waals surface area contributed by atoms with Crippen molar-refractivity contribution in [3.8, 4) is 0 Å². The highest BCUT2D eigenvalue weighted by Gasteiger charge is 2.34. The summed E-state index contributed by atoms with van der Waals surface area (Å²) < 4.78 is 5.24. The van der Waals surface area contributed by atoms with Crippen molar-refractivity contribution in [3.05, 3.63) is 72.9 Å². The summed E-state index contributed by atoms with van der Waals surface area (Å²) in [6.07, 6.45) is 28.8. The number of nitrogens with zero attached hydrogens (tertiary/aromatic N) is 2. The molecule has 1 atom stereocenters. The van der Waals surface area contributed by atoms with Crippen LogP contribution in [0.4, 0.5) is 0 Å². The Morgan fingerprint density at radius 3 is 1.67 bits per heavy atom. The molecular weight excluding hydrogens is 654 g/mol. The molecule has 0 unspecified atom stereocenters. The number of rotatable bonds is 23. The number of allylic oxidation sites excluding steroid dienone is 11. The molecule has 0 aliphatic heterocycles. The van der Waals surface area contributed by atoms with Gasteiger partial charge in [-0.15, -0.1) is 0 Å². The lowest BCUT2D eigenvalue weighted by Gasteiger charge is -2.28. The minimum Gasteiger partial charge on any atom is -0.481 e. The van der Waals surface area contributed by atoms with Gasteiger partial charge in [-0.1, -0.05) is 93.7 Å². The molecule has 0 aromatic carbocycles. The summed E-state index contributed by atoms with van der Waals surface area (Å²) in [7, 11) is 3.38. The van der Waals surface area contributed by atoms with Crippen LogP contribution in [0, 0.1) is 10.8 Å². The second-order valence-electron chi connectivity index (χ2n) is 12.0. The Hall–Kier alpha value is -4.98. The Labute approximate surface area is 303 Å². The van der Waals surface area contributed by atoms with Gasteiger partial charge in [-0.05, 0) is 38.5 Å². The van der Waals surface area contributed by atoms with Crippen LogP contribution in [0.1, 0.15) is 78.6 Å². The highest BCUT2D eigenvalue weighted by atomic mass is 16.5. The van der Waals surface area contributed by atoms with Crippen LogP contribution in [0.5, 0.6) is 0 Å². The number of aliphatic imine (C=N–C) groups is 1. The maximum Gasteiger partial charge on any atom is 0.309 e. The summed E-state index contributed by atoms with van der Waals surface area (Å²) in [5, 5.41) is 30.9. The van der Waals surface area contributed by atoms with E-state index >= 15 is 0 Å². The number of esters is 1. The fourth-order valence-corrected chi connectivity index (χ4v) is 3.48. The number of aliphatic hydroxyl groups is 1. The molecule has 0 bridgehead atoms. The second kappa shape index (κ2) is 31.0. The van der Waals surface area contributed by atoms with Gasteiger partial charge in [0.2, 0.25) is 17.8 Å². The standard InChI is InChI=1S/C33H50N2O7.C4H11N5/c1-4-5-6-7-8-9-10-11-12-13-14-15-16-17-18-19-20-21-22-30(39)42-27-33(2,3)31(40)32(41)35-25-23-28(36)34-26-24-29(37)38;1-9(2)4(7)8-3(5)6/h5-6,8-9,11-12,14-15,17-18,20-21,31,40H,4,7,10,13,16,19,22-27H2,1-3H3,(H,34,36)(H,35,41)(H,37,38);1-2H3,(H5,5,6,7,8)/b6-5-,9-8-,12-11-,15-14-,18-17-,21-20-;/t31-;/m0./s1. The topological polar surface area (TPSA) is 234 Å². The van der Waals surface area contributed by atoms with E-state index in [0.29, 0.717) is 6.42 Å². The van der Waals surface area contributed by atoms with Crippen molar-refractivity contribution in [2.75, 3.05) is 33.8 Å². The minimum atomic E-state index is -1.45. The van der Waals surface area contributed by atoms with Crippen molar-refractivity contribution in [3.63, 3.8) is 0 Å². The number of guanidine groups is 2. The number of carboxylic acid groups (broad SMARTS) is 1. The quantitative estimate of drug-likeness (QED) is 0.0349. The third-order valence-electron chi connectivity index (χ3n) is 6.45. The van der Waals surface area contributed by atoms with Gasteiger partial charge in [0.15, 0.2) is 5.96 Å². The third-order valence-corrected chi connectivity index (χ3v) is 6.45. The lowest BCUT2D eigenvalue weighted by atomic mass is 9.87. The van der Waals surface area contributed by atoms with Crippen LogP contribution < -0.4 is 22.1 Å². The Morgan fingerprint density at radius 2 is 1.25 bits per heavy atom. The van der Waals surface area contributed by atoms with Crippen molar-refractivity contribution in [1.82, 2.24) is 15.5 Å². The Bertz CT molecular complexity index is 1250. The van der Waals surface area contributed by atoms with Crippen LogP contribution in [-0.4, -0.2) is 90.7 Å².